The molecule has 0 spiro atoms. The van der Waals surface area contributed by atoms with Crippen molar-refractivity contribution in [2.45, 2.75) is 33.6 Å². The van der Waals surface area contributed by atoms with Crippen LogP contribution in [0.2, 0.25) is 0 Å². The highest BCUT2D eigenvalue weighted by Crippen LogP contribution is 2.33. The highest BCUT2D eigenvalue weighted by atomic mass is 32.2. The third-order valence-electron chi connectivity index (χ3n) is 4.68. The molecule has 3 rings (SSSR count). The van der Waals surface area contributed by atoms with Crippen molar-refractivity contribution in [3.8, 4) is 11.5 Å². The molecule has 1 aliphatic heterocycles. The standard InChI is InChI=1S/C24H25NO5S/c1-15(2)20-10-5-16(3)13-21(20)29-12-11-25-23(27)22(31-24(25)28)14-18-6-8-19(9-7-18)30-17(4)26/h5-10,13-15H,11-12H2,1-4H3/b22-14-. The highest BCUT2D eigenvalue weighted by Gasteiger charge is 2.34. The van der Waals surface area contributed by atoms with Crippen LogP contribution in [0.5, 0.6) is 11.5 Å². The van der Waals surface area contributed by atoms with Crippen LogP contribution in [0.15, 0.2) is 47.4 Å². The van der Waals surface area contributed by atoms with Gasteiger partial charge in [-0.1, -0.05) is 38.1 Å². The van der Waals surface area contributed by atoms with Crippen molar-refractivity contribution in [1.82, 2.24) is 4.90 Å². The van der Waals surface area contributed by atoms with E-state index in [0.717, 1.165) is 34.2 Å². The number of hydrogen-bond acceptors (Lipinski definition) is 6. The number of carbonyl (C=O) groups is 3. The minimum atomic E-state index is -0.401. The first-order chi connectivity index (χ1) is 14.7. The Morgan fingerprint density at radius 2 is 1.84 bits per heavy atom. The summed E-state index contributed by atoms with van der Waals surface area (Å²) in [7, 11) is 0. The maximum absolute atomic E-state index is 12.7. The van der Waals surface area contributed by atoms with Gasteiger partial charge in [-0.05, 0) is 65.6 Å². The van der Waals surface area contributed by atoms with Gasteiger partial charge in [0.25, 0.3) is 11.1 Å². The van der Waals surface area contributed by atoms with E-state index >= 15 is 0 Å². The third kappa shape index (κ3) is 5.76. The number of esters is 1. The zero-order chi connectivity index (χ0) is 22.5. The van der Waals surface area contributed by atoms with Crippen LogP contribution in [0.3, 0.4) is 0 Å². The molecular weight excluding hydrogens is 414 g/mol. The molecule has 2 aromatic rings. The van der Waals surface area contributed by atoms with E-state index in [2.05, 4.69) is 13.8 Å². The van der Waals surface area contributed by atoms with E-state index in [4.69, 9.17) is 9.47 Å². The quantitative estimate of drug-likeness (QED) is 0.337. The number of aryl methyl sites for hydroxylation is 1. The Kier molecular flexibility index (Phi) is 7.17. The molecule has 1 saturated heterocycles. The lowest BCUT2D eigenvalue weighted by molar-refractivity contribution is -0.131. The highest BCUT2D eigenvalue weighted by molar-refractivity contribution is 8.18. The van der Waals surface area contributed by atoms with Crippen molar-refractivity contribution < 1.29 is 23.9 Å². The van der Waals surface area contributed by atoms with Gasteiger partial charge in [-0.3, -0.25) is 19.3 Å². The van der Waals surface area contributed by atoms with Crippen molar-refractivity contribution in [2.75, 3.05) is 13.2 Å². The van der Waals surface area contributed by atoms with Gasteiger partial charge < -0.3 is 9.47 Å². The van der Waals surface area contributed by atoms with E-state index in [1.54, 1.807) is 30.3 Å². The first-order valence-corrected chi connectivity index (χ1v) is 10.8. The van der Waals surface area contributed by atoms with Gasteiger partial charge in [0.05, 0.1) is 11.4 Å². The summed E-state index contributed by atoms with van der Waals surface area (Å²) in [6, 6.07) is 12.8. The Morgan fingerprint density at radius 1 is 1.13 bits per heavy atom. The van der Waals surface area contributed by atoms with Crippen molar-refractivity contribution >= 4 is 35.0 Å². The van der Waals surface area contributed by atoms with Crippen LogP contribution in [0.4, 0.5) is 4.79 Å². The van der Waals surface area contributed by atoms with Crippen LogP contribution in [0, 0.1) is 6.92 Å². The molecule has 0 aromatic heterocycles. The average Bonchev–Trinajstić information content (AvgIpc) is 2.96. The summed E-state index contributed by atoms with van der Waals surface area (Å²) < 4.78 is 10.9. The van der Waals surface area contributed by atoms with Gasteiger partial charge >= 0.3 is 5.97 Å². The van der Waals surface area contributed by atoms with E-state index < -0.39 is 5.97 Å². The predicted octanol–water partition coefficient (Wildman–Crippen LogP) is 5.16. The SMILES string of the molecule is CC(=O)Oc1ccc(/C=C2\SC(=O)N(CCOc3cc(C)ccc3C(C)C)C2=O)cc1. The number of rotatable bonds is 7. The van der Waals surface area contributed by atoms with Crippen LogP contribution in [0.25, 0.3) is 6.08 Å². The molecule has 2 aromatic carbocycles. The number of hydrogen-bond donors (Lipinski definition) is 0. The molecule has 7 heteroatoms. The fraction of sp³-hybridized carbons (Fsp3) is 0.292. The van der Waals surface area contributed by atoms with Crippen LogP contribution >= 0.6 is 11.8 Å². The lowest BCUT2D eigenvalue weighted by atomic mass is 10.0. The smallest absolute Gasteiger partial charge is 0.308 e. The molecule has 0 radical (unpaired) electrons. The Morgan fingerprint density at radius 3 is 2.48 bits per heavy atom. The lowest BCUT2D eigenvalue weighted by Crippen LogP contribution is -2.32. The maximum Gasteiger partial charge on any atom is 0.308 e. The van der Waals surface area contributed by atoms with Gasteiger partial charge in [-0.2, -0.15) is 0 Å². The third-order valence-corrected chi connectivity index (χ3v) is 5.58. The van der Waals surface area contributed by atoms with E-state index in [-0.39, 0.29) is 24.3 Å². The molecule has 1 heterocycles. The Balaban J connectivity index is 1.64. The van der Waals surface area contributed by atoms with Gasteiger partial charge in [-0.15, -0.1) is 0 Å². The summed E-state index contributed by atoms with van der Waals surface area (Å²) in [4.78, 5) is 37.6. The topological polar surface area (TPSA) is 72.9 Å². The minimum Gasteiger partial charge on any atom is -0.491 e. The zero-order valence-electron chi connectivity index (χ0n) is 18.0. The number of imide groups is 1. The summed E-state index contributed by atoms with van der Waals surface area (Å²) in [5, 5.41) is -0.315. The van der Waals surface area contributed by atoms with E-state index in [0.29, 0.717) is 16.6 Å². The van der Waals surface area contributed by atoms with Crippen molar-refractivity contribution in [1.29, 1.82) is 0 Å². The molecule has 1 aliphatic rings. The molecule has 1 fully saturated rings. The number of nitrogens with zero attached hydrogens (tertiary/aromatic N) is 1. The molecule has 0 unspecified atom stereocenters. The first-order valence-electron chi connectivity index (χ1n) is 10.0. The van der Waals surface area contributed by atoms with E-state index in [1.807, 2.05) is 25.1 Å². The van der Waals surface area contributed by atoms with Gasteiger partial charge in [0.2, 0.25) is 0 Å². The molecule has 0 aliphatic carbocycles. The molecule has 162 valence electrons. The normalized spacial score (nSPS) is 15.1. The van der Waals surface area contributed by atoms with E-state index in [1.165, 1.54) is 11.8 Å². The number of carbonyl (C=O) groups excluding carboxylic acids is 3. The van der Waals surface area contributed by atoms with Gasteiger partial charge in [0, 0.05) is 6.92 Å². The molecular formula is C24H25NO5S. The summed E-state index contributed by atoms with van der Waals surface area (Å²) in [5.74, 6) is 0.776. The minimum absolute atomic E-state index is 0.179. The van der Waals surface area contributed by atoms with Crippen LogP contribution in [0.1, 0.15) is 43.4 Å². The Hall–Kier alpha value is -3.06. The summed E-state index contributed by atoms with van der Waals surface area (Å²) in [5.41, 5.74) is 2.92. The fourth-order valence-electron chi connectivity index (χ4n) is 3.13. The predicted molar refractivity (Wildman–Crippen MR) is 121 cm³/mol. The van der Waals surface area contributed by atoms with Crippen LogP contribution < -0.4 is 9.47 Å². The second-order valence-corrected chi connectivity index (χ2v) is 8.53. The molecule has 0 bridgehead atoms. The average molecular weight is 440 g/mol. The summed E-state index contributed by atoms with van der Waals surface area (Å²) in [6.45, 7) is 7.92. The van der Waals surface area contributed by atoms with Gasteiger partial charge in [0.1, 0.15) is 18.1 Å². The van der Waals surface area contributed by atoms with Crippen molar-refractivity contribution in [2.24, 2.45) is 0 Å². The number of thioether (sulfide) groups is 1. The van der Waals surface area contributed by atoms with Gasteiger partial charge in [0.15, 0.2) is 0 Å². The van der Waals surface area contributed by atoms with Crippen molar-refractivity contribution in [3.63, 3.8) is 0 Å². The number of amides is 2. The molecule has 0 saturated carbocycles. The Bertz CT molecular complexity index is 1030. The van der Waals surface area contributed by atoms with Crippen LogP contribution in [-0.4, -0.2) is 35.2 Å². The zero-order valence-corrected chi connectivity index (χ0v) is 18.8. The van der Waals surface area contributed by atoms with E-state index in [9.17, 15) is 14.4 Å². The monoisotopic (exact) mass is 439 g/mol. The first kappa shape index (κ1) is 22.6. The second-order valence-electron chi connectivity index (χ2n) is 7.54. The largest absolute Gasteiger partial charge is 0.491 e. The fourth-order valence-corrected chi connectivity index (χ4v) is 4.00. The molecule has 2 amide bonds. The molecule has 0 N–H and O–H groups in total. The van der Waals surface area contributed by atoms with Crippen LogP contribution in [-0.2, 0) is 9.59 Å². The molecule has 6 nitrogen and oxygen atoms in total. The maximum atomic E-state index is 12.7. The van der Waals surface area contributed by atoms with Gasteiger partial charge in [-0.25, -0.2) is 0 Å². The number of ether oxygens (including phenoxy) is 2. The Labute approximate surface area is 186 Å². The summed E-state index contributed by atoms with van der Waals surface area (Å²) >= 11 is 0.906. The molecule has 0 atom stereocenters. The number of benzene rings is 2. The van der Waals surface area contributed by atoms with Crippen molar-refractivity contribution in [3.05, 3.63) is 64.1 Å². The second kappa shape index (κ2) is 9.83. The lowest BCUT2D eigenvalue weighted by Gasteiger charge is -2.17. The summed E-state index contributed by atoms with van der Waals surface area (Å²) in [6.07, 6.45) is 1.65. The molecule has 31 heavy (non-hydrogen) atoms.